The molecule has 2 N–H and O–H groups in total. The van der Waals surface area contributed by atoms with Gasteiger partial charge >= 0.3 is 0 Å². The van der Waals surface area contributed by atoms with Gasteiger partial charge < -0.3 is 14.8 Å². The predicted molar refractivity (Wildman–Crippen MR) is 82.2 cm³/mol. The van der Waals surface area contributed by atoms with E-state index in [1.165, 1.54) is 0 Å². The lowest BCUT2D eigenvalue weighted by Gasteiger charge is -2.00. The van der Waals surface area contributed by atoms with Gasteiger partial charge in [-0.1, -0.05) is 18.8 Å². The standard InChI is InChI=1S/C16H17NO3S/c1-2-13-6-7-15(20-13)16(19)17-10-14-9-12(11-21-14)5-3-4-8-18/h6-7,9,11,18H,2,4,8,10H2,1H3,(H,17,19). The number of amides is 1. The number of furan rings is 1. The molecule has 0 aromatic carbocycles. The van der Waals surface area contributed by atoms with E-state index < -0.39 is 0 Å². The SMILES string of the molecule is CCc1ccc(C(=O)NCc2cc(C#CCCO)cs2)o1. The van der Waals surface area contributed by atoms with Crippen LogP contribution >= 0.6 is 11.3 Å². The minimum Gasteiger partial charge on any atom is -0.456 e. The Morgan fingerprint density at radius 3 is 3.05 bits per heavy atom. The van der Waals surface area contributed by atoms with Crippen LogP contribution < -0.4 is 5.32 Å². The summed E-state index contributed by atoms with van der Waals surface area (Å²) in [7, 11) is 0. The van der Waals surface area contributed by atoms with Crippen LogP contribution in [0.25, 0.3) is 0 Å². The second-order valence-electron chi connectivity index (χ2n) is 4.38. The van der Waals surface area contributed by atoms with Crippen molar-refractivity contribution < 1.29 is 14.3 Å². The molecule has 0 atom stereocenters. The molecule has 2 heterocycles. The summed E-state index contributed by atoms with van der Waals surface area (Å²) in [6, 6.07) is 5.44. The zero-order valence-corrected chi connectivity index (χ0v) is 12.6. The number of carbonyl (C=O) groups excluding carboxylic acids is 1. The number of thiophene rings is 1. The molecule has 0 bridgehead atoms. The smallest absolute Gasteiger partial charge is 0.287 e. The molecule has 0 aliphatic heterocycles. The fraction of sp³-hybridized carbons (Fsp3) is 0.312. The number of rotatable bonds is 5. The van der Waals surface area contributed by atoms with Crippen LogP contribution in [0.15, 0.2) is 28.0 Å². The first kappa shape index (κ1) is 15.4. The van der Waals surface area contributed by atoms with Gasteiger partial charge in [-0.25, -0.2) is 0 Å². The van der Waals surface area contributed by atoms with Crippen LogP contribution in [-0.2, 0) is 13.0 Å². The second-order valence-corrected chi connectivity index (χ2v) is 5.38. The van der Waals surface area contributed by atoms with E-state index in [4.69, 9.17) is 9.52 Å². The van der Waals surface area contributed by atoms with Gasteiger partial charge in [-0.2, -0.15) is 0 Å². The van der Waals surface area contributed by atoms with Crippen LogP contribution in [0.2, 0.25) is 0 Å². The number of hydrogen-bond donors (Lipinski definition) is 2. The van der Waals surface area contributed by atoms with Crippen LogP contribution in [-0.4, -0.2) is 17.6 Å². The van der Waals surface area contributed by atoms with Gasteiger partial charge in [-0.3, -0.25) is 4.79 Å². The Labute approximate surface area is 127 Å². The fourth-order valence-electron chi connectivity index (χ4n) is 1.70. The lowest BCUT2D eigenvalue weighted by molar-refractivity contribution is 0.0922. The average molecular weight is 303 g/mol. The zero-order valence-electron chi connectivity index (χ0n) is 11.8. The molecule has 0 aliphatic carbocycles. The van der Waals surface area contributed by atoms with Crippen molar-refractivity contribution >= 4 is 17.2 Å². The molecule has 0 spiro atoms. The normalized spacial score (nSPS) is 10.0. The number of hydrogen-bond acceptors (Lipinski definition) is 4. The van der Waals surface area contributed by atoms with E-state index in [2.05, 4.69) is 17.2 Å². The van der Waals surface area contributed by atoms with E-state index in [0.717, 1.165) is 22.6 Å². The van der Waals surface area contributed by atoms with Gasteiger partial charge in [0.15, 0.2) is 5.76 Å². The van der Waals surface area contributed by atoms with Gasteiger partial charge in [-0.05, 0) is 18.2 Å². The largest absolute Gasteiger partial charge is 0.456 e. The third-order valence-corrected chi connectivity index (χ3v) is 3.72. The summed E-state index contributed by atoms with van der Waals surface area (Å²) in [4.78, 5) is 12.9. The molecule has 0 radical (unpaired) electrons. The second kappa shape index (κ2) is 7.67. The van der Waals surface area contributed by atoms with Crippen LogP contribution in [0.3, 0.4) is 0 Å². The molecule has 0 saturated carbocycles. The molecular formula is C16H17NO3S. The fourth-order valence-corrected chi connectivity index (χ4v) is 2.46. The number of nitrogens with one attached hydrogen (secondary N) is 1. The van der Waals surface area contributed by atoms with Crippen LogP contribution in [0, 0.1) is 11.8 Å². The van der Waals surface area contributed by atoms with Crippen molar-refractivity contribution in [2.75, 3.05) is 6.61 Å². The highest BCUT2D eigenvalue weighted by Crippen LogP contribution is 2.14. The van der Waals surface area contributed by atoms with Crippen molar-refractivity contribution in [3.8, 4) is 11.8 Å². The summed E-state index contributed by atoms with van der Waals surface area (Å²) in [5.41, 5.74) is 0.906. The highest BCUT2D eigenvalue weighted by molar-refractivity contribution is 7.10. The molecule has 4 nitrogen and oxygen atoms in total. The first-order valence-electron chi connectivity index (χ1n) is 6.77. The molecule has 0 aliphatic rings. The topological polar surface area (TPSA) is 62.5 Å². The average Bonchev–Trinajstić information content (AvgIpc) is 3.14. The molecular weight excluding hydrogens is 286 g/mol. The Hall–Kier alpha value is -2.03. The first-order chi connectivity index (χ1) is 10.2. The molecule has 21 heavy (non-hydrogen) atoms. The molecule has 0 unspecified atom stereocenters. The van der Waals surface area contributed by atoms with Crippen LogP contribution in [0.1, 0.15) is 40.1 Å². The summed E-state index contributed by atoms with van der Waals surface area (Å²) in [5, 5.41) is 13.4. The molecule has 2 aromatic heterocycles. The molecule has 110 valence electrons. The Kier molecular flexibility index (Phi) is 5.61. The summed E-state index contributed by atoms with van der Waals surface area (Å²) >= 11 is 1.54. The summed E-state index contributed by atoms with van der Waals surface area (Å²) in [6.45, 7) is 2.50. The zero-order chi connectivity index (χ0) is 15.1. The third-order valence-electron chi connectivity index (χ3n) is 2.78. The van der Waals surface area contributed by atoms with Crippen molar-refractivity contribution in [1.29, 1.82) is 0 Å². The van der Waals surface area contributed by atoms with Crippen molar-refractivity contribution in [1.82, 2.24) is 5.32 Å². The molecule has 5 heteroatoms. The van der Waals surface area contributed by atoms with Crippen molar-refractivity contribution in [3.05, 3.63) is 45.5 Å². The Morgan fingerprint density at radius 2 is 2.33 bits per heavy atom. The monoisotopic (exact) mass is 303 g/mol. The maximum atomic E-state index is 11.9. The van der Waals surface area contributed by atoms with Crippen LogP contribution in [0.4, 0.5) is 0 Å². The molecule has 2 rings (SSSR count). The predicted octanol–water partition coefficient (Wildman–Crippen LogP) is 2.57. The molecule has 0 saturated heterocycles. The maximum absolute atomic E-state index is 11.9. The molecule has 2 aromatic rings. The highest BCUT2D eigenvalue weighted by atomic mass is 32.1. The number of aliphatic hydroxyl groups excluding tert-OH is 1. The molecule has 0 fully saturated rings. The number of aryl methyl sites for hydroxylation is 1. The Morgan fingerprint density at radius 1 is 1.48 bits per heavy atom. The van der Waals surface area contributed by atoms with E-state index in [1.54, 1.807) is 17.4 Å². The lowest BCUT2D eigenvalue weighted by atomic mass is 10.3. The van der Waals surface area contributed by atoms with Gasteiger partial charge in [-0.15, -0.1) is 11.3 Å². The quantitative estimate of drug-likeness (QED) is 0.835. The van der Waals surface area contributed by atoms with E-state index in [9.17, 15) is 4.79 Å². The van der Waals surface area contributed by atoms with E-state index in [-0.39, 0.29) is 12.5 Å². The summed E-state index contributed by atoms with van der Waals surface area (Å²) in [6.07, 6.45) is 1.24. The van der Waals surface area contributed by atoms with Crippen molar-refractivity contribution in [3.63, 3.8) is 0 Å². The van der Waals surface area contributed by atoms with E-state index in [0.29, 0.717) is 18.7 Å². The Bertz CT molecular complexity index is 660. The van der Waals surface area contributed by atoms with E-state index in [1.807, 2.05) is 24.4 Å². The van der Waals surface area contributed by atoms with Gasteiger partial charge in [0.1, 0.15) is 5.76 Å². The minimum atomic E-state index is -0.212. The maximum Gasteiger partial charge on any atom is 0.287 e. The number of carbonyl (C=O) groups is 1. The summed E-state index contributed by atoms with van der Waals surface area (Å²) in [5.74, 6) is 6.76. The van der Waals surface area contributed by atoms with Gasteiger partial charge in [0.25, 0.3) is 5.91 Å². The molecule has 1 amide bonds. The Balaban J connectivity index is 1.88. The highest BCUT2D eigenvalue weighted by Gasteiger charge is 2.10. The van der Waals surface area contributed by atoms with Gasteiger partial charge in [0, 0.05) is 28.7 Å². The van der Waals surface area contributed by atoms with Gasteiger partial charge in [0.05, 0.1) is 13.2 Å². The van der Waals surface area contributed by atoms with Crippen molar-refractivity contribution in [2.24, 2.45) is 0 Å². The lowest BCUT2D eigenvalue weighted by Crippen LogP contribution is -2.21. The van der Waals surface area contributed by atoms with Crippen LogP contribution in [0.5, 0.6) is 0 Å². The third kappa shape index (κ3) is 4.48. The van der Waals surface area contributed by atoms with Crippen molar-refractivity contribution in [2.45, 2.75) is 26.3 Å². The first-order valence-corrected chi connectivity index (χ1v) is 7.65. The van der Waals surface area contributed by atoms with Gasteiger partial charge in [0.2, 0.25) is 0 Å². The minimum absolute atomic E-state index is 0.0724. The number of aliphatic hydroxyl groups is 1. The summed E-state index contributed by atoms with van der Waals surface area (Å²) < 4.78 is 5.40. The van der Waals surface area contributed by atoms with E-state index >= 15 is 0 Å².